The molecule has 112 valence electrons. The van der Waals surface area contributed by atoms with Crippen LogP contribution in [0.25, 0.3) is 0 Å². The third-order valence-electron chi connectivity index (χ3n) is 3.87. The number of nitrogens with zero attached hydrogens (tertiary/aromatic N) is 2. The lowest BCUT2D eigenvalue weighted by molar-refractivity contribution is 0.233. The van der Waals surface area contributed by atoms with Crippen LogP contribution in [0.15, 0.2) is 18.3 Å². The smallest absolute Gasteiger partial charge is 0.122 e. The van der Waals surface area contributed by atoms with Crippen LogP contribution in [0.3, 0.4) is 0 Å². The van der Waals surface area contributed by atoms with Crippen molar-refractivity contribution in [2.45, 2.75) is 51.7 Å². The number of hydrogen-bond donors (Lipinski definition) is 1. The van der Waals surface area contributed by atoms with Gasteiger partial charge in [-0.25, -0.2) is 0 Å². The van der Waals surface area contributed by atoms with E-state index in [4.69, 9.17) is 4.74 Å². The van der Waals surface area contributed by atoms with E-state index in [1.54, 1.807) is 0 Å². The molecule has 1 N–H and O–H groups in total. The zero-order chi connectivity index (χ0) is 14.4. The minimum Gasteiger partial charge on any atom is -0.493 e. The van der Waals surface area contributed by atoms with Gasteiger partial charge in [0.2, 0.25) is 0 Å². The molecule has 1 aliphatic heterocycles. The third-order valence-corrected chi connectivity index (χ3v) is 3.87. The van der Waals surface area contributed by atoms with E-state index in [0.717, 1.165) is 31.0 Å². The molecular formula is C16H27N3O. The van der Waals surface area contributed by atoms with Crippen LogP contribution < -0.4 is 10.1 Å². The highest BCUT2D eigenvalue weighted by atomic mass is 16.5. The molecule has 0 amide bonds. The zero-order valence-electron chi connectivity index (χ0n) is 12.9. The van der Waals surface area contributed by atoms with Crippen molar-refractivity contribution in [3.63, 3.8) is 0 Å². The van der Waals surface area contributed by atoms with Gasteiger partial charge in [-0.1, -0.05) is 13.8 Å². The fourth-order valence-corrected chi connectivity index (χ4v) is 2.61. The maximum Gasteiger partial charge on any atom is 0.122 e. The first-order chi connectivity index (χ1) is 9.65. The molecule has 1 fully saturated rings. The van der Waals surface area contributed by atoms with E-state index in [-0.39, 0.29) is 0 Å². The Morgan fingerprint density at radius 1 is 1.50 bits per heavy atom. The largest absolute Gasteiger partial charge is 0.493 e. The van der Waals surface area contributed by atoms with Crippen LogP contribution in [-0.4, -0.2) is 42.2 Å². The number of likely N-dealkylation sites (tertiary alicyclic amines) is 1. The number of rotatable bonds is 7. The van der Waals surface area contributed by atoms with E-state index >= 15 is 0 Å². The van der Waals surface area contributed by atoms with Crippen molar-refractivity contribution < 1.29 is 4.74 Å². The SMILES string of the molecule is CC(C)NCc1cc(OCCC2CCCN2C)ccn1. The number of ether oxygens (including phenoxy) is 1. The molecule has 0 bridgehead atoms. The van der Waals surface area contributed by atoms with Gasteiger partial charge in [-0.05, 0) is 38.9 Å². The number of hydrogen-bond acceptors (Lipinski definition) is 4. The van der Waals surface area contributed by atoms with E-state index in [0.29, 0.717) is 12.1 Å². The summed E-state index contributed by atoms with van der Waals surface area (Å²) in [5.41, 5.74) is 1.04. The summed E-state index contributed by atoms with van der Waals surface area (Å²) in [5.74, 6) is 0.932. The zero-order valence-corrected chi connectivity index (χ0v) is 12.9. The Bertz CT molecular complexity index is 408. The normalized spacial score (nSPS) is 19.7. The van der Waals surface area contributed by atoms with Crippen LogP contribution in [0.1, 0.15) is 38.8 Å². The van der Waals surface area contributed by atoms with Gasteiger partial charge in [0.05, 0.1) is 12.3 Å². The molecule has 2 heterocycles. The molecule has 1 unspecified atom stereocenters. The highest BCUT2D eigenvalue weighted by molar-refractivity contribution is 5.22. The van der Waals surface area contributed by atoms with Gasteiger partial charge in [-0.15, -0.1) is 0 Å². The van der Waals surface area contributed by atoms with Crippen molar-refractivity contribution in [3.05, 3.63) is 24.0 Å². The molecular weight excluding hydrogens is 250 g/mol. The minimum atomic E-state index is 0.472. The molecule has 1 aromatic heterocycles. The predicted octanol–water partition coefficient (Wildman–Crippen LogP) is 2.44. The summed E-state index contributed by atoms with van der Waals surface area (Å²) in [6, 6.07) is 5.14. The van der Waals surface area contributed by atoms with Crippen LogP contribution >= 0.6 is 0 Å². The van der Waals surface area contributed by atoms with Crippen LogP contribution in [0.5, 0.6) is 5.75 Å². The lowest BCUT2D eigenvalue weighted by Gasteiger charge is -2.19. The maximum atomic E-state index is 5.87. The second-order valence-corrected chi connectivity index (χ2v) is 5.93. The van der Waals surface area contributed by atoms with Crippen LogP contribution in [0, 0.1) is 0 Å². The van der Waals surface area contributed by atoms with E-state index in [2.05, 4.69) is 36.1 Å². The summed E-state index contributed by atoms with van der Waals surface area (Å²) in [4.78, 5) is 6.80. The van der Waals surface area contributed by atoms with Gasteiger partial charge in [0.1, 0.15) is 5.75 Å². The molecule has 4 nitrogen and oxygen atoms in total. The average Bonchev–Trinajstić information content (AvgIpc) is 2.83. The molecule has 0 spiro atoms. The van der Waals surface area contributed by atoms with E-state index in [9.17, 15) is 0 Å². The standard InChI is InChI=1S/C16H27N3O/c1-13(2)18-12-14-11-16(6-8-17-14)20-10-7-15-5-4-9-19(15)3/h6,8,11,13,15,18H,4-5,7,9-10,12H2,1-3H3. The molecule has 0 saturated carbocycles. The van der Waals surface area contributed by atoms with Crippen LogP contribution in [0.4, 0.5) is 0 Å². The van der Waals surface area contributed by atoms with Gasteiger partial charge in [0.15, 0.2) is 0 Å². The highest BCUT2D eigenvalue weighted by Crippen LogP contribution is 2.18. The quantitative estimate of drug-likeness (QED) is 0.830. The van der Waals surface area contributed by atoms with Crippen LogP contribution in [0.2, 0.25) is 0 Å². The molecule has 0 aromatic carbocycles. The van der Waals surface area contributed by atoms with E-state index in [1.165, 1.54) is 19.4 Å². The van der Waals surface area contributed by atoms with Crippen molar-refractivity contribution in [1.29, 1.82) is 0 Å². The molecule has 2 rings (SSSR count). The molecule has 4 heteroatoms. The topological polar surface area (TPSA) is 37.4 Å². The Morgan fingerprint density at radius 2 is 2.35 bits per heavy atom. The monoisotopic (exact) mass is 277 g/mol. The second-order valence-electron chi connectivity index (χ2n) is 5.93. The Hall–Kier alpha value is -1.13. The predicted molar refractivity (Wildman–Crippen MR) is 82.0 cm³/mol. The molecule has 1 saturated heterocycles. The van der Waals surface area contributed by atoms with Crippen molar-refractivity contribution in [2.24, 2.45) is 0 Å². The summed E-state index contributed by atoms with van der Waals surface area (Å²) < 4.78 is 5.87. The minimum absolute atomic E-state index is 0.472. The summed E-state index contributed by atoms with van der Waals surface area (Å²) >= 11 is 0. The first kappa shape index (κ1) is 15.3. The molecule has 0 aliphatic carbocycles. The number of nitrogens with one attached hydrogen (secondary N) is 1. The van der Waals surface area contributed by atoms with E-state index < -0.39 is 0 Å². The number of pyridine rings is 1. The van der Waals surface area contributed by atoms with Crippen LogP contribution in [-0.2, 0) is 6.54 Å². The van der Waals surface area contributed by atoms with Gasteiger partial charge in [-0.2, -0.15) is 0 Å². The lowest BCUT2D eigenvalue weighted by atomic mass is 10.1. The average molecular weight is 277 g/mol. The highest BCUT2D eigenvalue weighted by Gasteiger charge is 2.20. The number of aromatic nitrogens is 1. The summed E-state index contributed by atoms with van der Waals surface area (Å²) in [5, 5.41) is 3.37. The van der Waals surface area contributed by atoms with Crippen molar-refractivity contribution in [2.75, 3.05) is 20.2 Å². The molecule has 0 radical (unpaired) electrons. The second kappa shape index (κ2) is 7.60. The van der Waals surface area contributed by atoms with Crippen molar-refractivity contribution >= 4 is 0 Å². The van der Waals surface area contributed by atoms with Crippen molar-refractivity contribution in [3.8, 4) is 5.75 Å². The first-order valence-electron chi connectivity index (χ1n) is 7.66. The van der Waals surface area contributed by atoms with Crippen molar-refractivity contribution in [1.82, 2.24) is 15.2 Å². The fourth-order valence-electron chi connectivity index (χ4n) is 2.61. The summed E-state index contributed by atoms with van der Waals surface area (Å²) in [6.07, 6.45) is 5.56. The van der Waals surface area contributed by atoms with Gasteiger partial charge < -0.3 is 15.0 Å². The van der Waals surface area contributed by atoms with Gasteiger partial charge in [0.25, 0.3) is 0 Å². The molecule has 1 aromatic rings. The van der Waals surface area contributed by atoms with Gasteiger partial charge >= 0.3 is 0 Å². The molecule has 1 aliphatic rings. The Morgan fingerprint density at radius 3 is 3.05 bits per heavy atom. The molecule has 20 heavy (non-hydrogen) atoms. The molecule has 1 atom stereocenters. The third kappa shape index (κ3) is 4.76. The van der Waals surface area contributed by atoms with E-state index in [1.807, 2.05) is 18.3 Å². The first-order valence-corrected chi connectivity index (χ1v) is 7.66. The Labute approximate surface area is 122 Å². The summed E-state index contributed by atoms with van der Waals surface area (Å²) in [7, 11) is 2.21. The Balaban J connectivity index is 1.76. The lowest BCUT2D eigenvalue weighted by Crippen LogP contribution is -2.26. The maximum absolute atomic E-state index is 5.87. The Kier molecular flexibility index (Phi) is 5.80. The summed E-state index contributed by atoms with van der Waals surface area (Å²) in [6.45, 7) is 7.08. The van der Waals surface area contributed by atoms with Gasteiger partial charge in [-0.3, -0.25) is 4.98 Å². The fraction of sp³-hybridized carbons (Fsp3) is 0.688. The van der Waals surface area contributed by atoms with Gasteiger partial charge in [0, 0.05) is 30.9 Å².